The highest BCUT2D eigenvalue weighted by atomic mass is 16.5. The molecule has 0 aliphatic carbocycles. The predicted molar refractivity (Wildman–Crippen MR) is 89.5 cm³/mol. The standard InChI is InChI=1S/C18H20N2O3/c19-14-3-1-13(2-4-14)11-18(21)20-15-5-7-16(8-6-15)23-17-9-10-22-12-17/h1-8,17H,9-12,19H2,(H,20,21). The lowest BCUT2D eigenvalue weighted by Gasteiger charge is -2.12. The first-order valence-electron chi connectivity index (χ1n) is 7.68. The molecule has 1 unspecified atom stereocenters. The molecule has 0 spiro atoms. The molecule has 2 aromatic carbocycles. The molecule has 0 radical (unpaired) electrons. The Hall–Kier alpha value is -2.53. The Morgan fingerprint density at radius 2 is 1.91 bits per heavy atom. The summed E-state index contributed by atoms with van der Waals surface area (Å²) in [6.07, 6.45) is 1.36. The number of carbonyl (C=O) groups excluding carboxylic acids is 1. The molecule has 0 aromatic heterocycles. The number of ether oxygens (including phenoxy) is 2. The molecular formula is C18H20N2O3. The summed E-state index contributed by atoms with van der Waals surface area (Å²) in [4.78, 5) is 12.0. The van der Waals surface area contributed by atoms with Gasteiger partial charge >= 0.3 is 0 Å². The van der Waals surface area contributed by atoms with Gasteiger partial charge < -0.3 is 20.5 Å². The Bertz CT molecular complexity index is 647. The summed E-state index contributed by atoms with van der Waals surface area (Å²) >= 11 is 0. The van der Waals surface area contributed by atoms with Gasteiger partial charge in [-0.15, -0.1) is 0 Å². The van der Waals surface area contributed by atoms with Crippen LogP contribution >= 0.6 is 0 Å². The number of amides is 1. The van der Waals surface area contributed by atoms with Crippen LogP contribution in [0.25, 0.3) is 0 Å². The monoisotopic (exact) mass is 312 g/mol. The van der Waals surface area contributed by atoms with Crippen LogP contribution in [-0.2, 0) is 16.0 Å². The summed E-state index contributed by atoms with van der Waals surface area (Å²) in [6, 6.07) is 14.7. The third-order valence-electron chi connectivity index (χ3n) is 3.67. The fourth-order valence-corrected chi connectivity index (χ4v) is 2.44. The van der Waals surface area contributed by atoms with E-state index in [0.29, 0.717) is 18.7 Å². The van der Waals surface area contributed by atoms with Gasteiger partial charge in [0.15, 0.2) is 0 Å². The van der Waals surface area contributed by atoms with E-state index in [1.54, 1.807) is 12.1 Å². The SMILES string of the molecule is Nc1ccc(CC(=O)Nc2ccc(OC3CCOC3)cc2)cc1. The second kappa shape index (κ2) is 7.15. The summed E-state index contributed by atoms with van der Waals surface area (Å²) in [7, 11) is 0. The van der Waals surface area contributed by atoms with Crippen LogP contribution in [0.1, 0.15) is 12.0 Å². The number of carbonyl (C=O) groups is 1. The Morgan fingerprint density at radius 1 is 1.17 bits per heavy atom. The summed E-state index contributed by atoms with van der Waals surface area (Å²) in [5.41, 5.74) is 8.00. The number of nitrogens with two attached hydrogens (primary N) is 1. The number of nitrogens with one attached hydrogen (secondary N) is 1. The van der Waals surface area contributed by atoms with E-state index in [2.05, 4.69) is 5.32 Å². The molecule has 1 saturated heterocycles. The van der Waals surface area contributed by atoms with Crippen LogP contribution in [0.15, 0.2) is 48.5 Å². The van der Waals surface area contributed by atoms with Gasteiger partial charge in [-0.3, -0.25) is 4.79 Å². The molecule has 3 rings (SSSR count). The van der Waals surface area contributed by atoms with Crippen molar-refractivity contribution in [1.82, 2.24) is 0 Å². The predicted octanol–water partition coefficient (Wildman–Crippen LogP) is 2.62. The average Bonchev–Trinajstić information content (AvgIpc) is 3.04. The van der Waals surface area contributed by atoms with Gasteiger partial charge in [0.05, 0.1) is 19.6 Å². The quantitative estimate of drug-likeness (QED) is 0.832. The summed E-state index contributed by atoms with van der Waals surface area (Å²) in [6.45, 7) is 1.39. The zero-order valence-corrected chi connectivity index (χ0v) is 12.8. The molecule has 1 atom stereocenters. The lowest BCUT2D eigenvalue weighted by atomic mass is 10.1. The third kappa shape index (κ3) is 4.47. The Kier molecular flexibility index (Phi) is 4.78. The summed E-state index contributed by atoms with van der Waals surface area (Å²) in [5.74, 6) is 0.727. The smallest absolute Gasteiger partial charge is 0.228 e. The zero-order chi connectivity index (χ0) is 16.1. The van der Waals surface area contributed by atoms with E-state index in [9.17, 15) is 4.79 Å². The van der Waals surface area contributed by atoms with Crippen molar-refractivity contribution in [2.45, 2.75) is 18.9 Å². The second-order valence-corrected chi connectivity index (χ2v) is 5.59. The number of hydrogen-bond donors (Lipinski definition) is 2. The van der Waals surface area contributed by atoms with Crippen LogP contribution in [0, 0.1) is 0 Å². The number of hydrogen-bond acceptors (Lipinski definition) is 4. The normalized spacial score (nSPS) is 17.0. The summed E-state index contributed by atoms with van der Waals surface area (Å²) in [5, 5.41) is 2.88. The molecule has 1 aliphatic rings. The maximum absolute atomic E-state index is 12.0. The lowest BCUT2D eigenvalue weighted by Crippen LogP contribution is -2.16. The molecule has 2 aromatic rings. The van der Waals surface area contributed by atoms with Crippen LogP contribution in [0.5, 0.6) is 5.75 Å². The molecule has 0 saturated carbocycles. The minimum absolute atomic E-state index is 0.0624. The Balaban J connectivity index is 1.52. The minimum Gasteiger partial charge on any atom is -0.488 e. The number of nitrogen functional groups attached to an aromatic ring is 1. The zero-order valence-electron chi connectivity index (χ0n) is 12.8. The third-order valence-corrected chi connectivity index (χ3v) is 3.67. The topological polar surface area (TPSA) is 73.6 Å². The van der Waals surface area contributed by atoms with E-state index in [-0.39, 0.29) is 12.0 Å². The highest BCUT2D eigenvalue weighted by molar-refractivity contribution is 5.92. The lowest BCUT2D eigenvalue weighted by molar-refractivity contribution is -0.115. The van der Waals surface area contributed by atoms with Gasteiger partial charge in [0.1, 0.15) is 11.9 Å². The molecule has 1 amide bonds. The molecule has 1 aliphatic heterocycles. The van der Waals surface area contributed by atoms with E-state index in [0.717, 1.165) is 30.0 Å². The van der Waals surface area contributed by atoms with Gasteiger partial charge in [-0.25, -0.2) is 0 Å². The van der Waals surface area contributed by atoms with Crippen LogP contribution < -0.4 is 15.8 Å². The Morgan fingerprint density at radius 3 is 2.57 bits per heavy atom. The van der Waals surface area contributed by atoms with E-state index in [4.69, 9.17) is 15.2 Å². The molecule has 0 bridgehead atoms. The van der Waals surface area contributed by atoms with Crippen molar-refractivity contribution in [3.8, 4) is 5.75 Å². The van der Waals surface area contributed by atoms with E-state index >= 15 is 0 Å². The molecule has 1 heterocycles. The van der Waals surface area contributed by atoms with Crippen LogP contribution in [-0.4, -0.2) is 25.2 Å². The first kappa shape index (κ1) is 15.4. The van der Waals surface area contributed by atoms with Crippen molar-refractivity contribution in [3.63, 3.8) is 0 Å². The van der Waals surface area contributed by atoms with E-state index < -0.39 is 0 Å². The first-order valence-corrected chi connectivity index (χ1v) is 7.68. The second-order valence-electron chi connectivity index (χ2n) is 5.59. The van der Waals surface area contributed by atoms with Gasteiger partial charge in [0.25, 0.3) is 0 Å². The van der Waals surface area contributed by atoms with Crippen molar-refractivity contribution in [1.29, 1.82) is 0 Å². The van der Waals surface area contributed by atoms with E-state index in [1.165, 1.54) is 0 Å². The number of benzene rings is 2. The van der Waals surface area contributed by atoms with Crippen molar-refractivity contribution < 1.29 is 14.3 Å². The van der Waals surface area contributed by atoms with Gasteiger partial charge in [0, 0.05) is 17.8 Å². The minimum atomic E-state index is -0.0624. The van der Waals surface area contributed by atoms with Crippen LogP contribution in [0.2, 0.25) is 0 Å². The van der Waals surface area contributed by atoms with Crippen molar-refractivity contribution in [2.75, 3.05) is 24.3 Å². The molecule has 5 nitrogen and oxygen atoms in total. The van der Waals surface area contributed by atoms with Crippen molar-refractivity contribution in [3.05, 3.63) is 54.1 Å². The first-order chi connectivity index (χ1) is 11.2. The molecule has 1 fully saturated rings. The van der Waals surface area contributed by atoms with Gasteiger partial charge in [-0.1, -0.05) is 12.1 Å². The van der Waals surface area contributed by atoms with Gasteiger partial charge in [-0.05, 0) is 42.0 Å². The maximum Gasteiger partial charge on any atom is 0.228 e. The fourth-order valence-electron chi connectivity index (χ4n) is 2.44. The highest BCUT2D eigenvalue weighted by Gasteiger charge is 2.16. The fraction of sp³-hybridized carbons (Fsp3) is 0.278. The largest absolute Gasteiger partial charge is 0.488 e. The van der Waals surface area contributed by atoms with Crippen molar-refractivity contribution >= 4 is 17.3 Å². The van der Waals surface area contributed by atoms with Crippen molar-refractivity contribution in [2.24, 2.45) is 0 Å². The van der Waals surface area contributed by atoms with Gasteiger partial charge in [0.2, 0.25) is 5.91 Å². The molecule has 3 N–H and O–H groups in total. The molecular weight excluding hydrogens is 292 g/mol. The van der Waals surface area contributed by atoms with Crippen LogP contribution in [0.4, 0.5) is 11.4 Å². The molecule has 5 heteroatoms. The van der Waals surface area contributed by atoms with Gasteiger partial charge in [-0.2, -0.15) is 0 Å². The number of rotatable bonds is 5. The molecule has 23 heavy (non-hydrogen) atoms. The highest BCUT2D eigenvalue weighted by Crippen LogP contribution is 2.20. The average molecular weight is 312 g/mol. The Labute approximate surface area is 135 Å². The molecule has 120 valence electrons. The number of anilines is 2. The van der Waals surface area contributed by atoms with E-state index in [1.807, 2.05) is 36.4 Å². The maximum atomic E-state index is 12.0. The van der Waals surface area contributed by atoms with Crippen LogP contribution in [0.3, 0.4) is 0 Å². The summed E-state index contributed by atoms with van der Waals surface area (Å²) < 4.78 is 11.1.